The Hall–Kier alpha value is -1.81. The topological polar surface area (TPSA) is 76.2 Å². The van der Waals surface area contributed by atoms with E-state index in [9.17, 15) is 10.1 Å². The smallest absolute Gasteiger partial charge is 0.313 e. The van der Waals surface area contributed by atoms with Crippen LogP contribution in [0.1, 0.15) is 5.56 Å². The Morgan fingerprint density at radius 1 is 1.19 bits per heavy atom. The molecule has 0 aliphatic carbocycles. The minimum Gasteiger partial charge on any atom is -0.449 e. The third kappa shape index (κ3) is 3.45. The lowest BCUT2D eigenvalue weighted by atomic mass is 10.2. The lowest BCUT2D eigenvalue weighted by molar-refractivity contribution is -0.385. The van der Waals surface area contributed by atoms with Gasteiger partial charge in [0.25, 0.3) is 0 Å². The molecule has 5 nitrogen and oxygen atoms in total. The first-order valence-electron chi connectivity index (χ1n) is 5.43. The summed E-state index contributed by atoms with van der Waals surface area (Å²) in [6.45, 7) is 0. The van der Waals surface area contributed by atoms with Gasteiger partial charge in [-0.05, 0) is 34.1 Å². The fraction of sp³-hybridized carbons (Fsp3) is 0. The summed E-state index contributed by atoms with van der Waals surface area (Å²) in [6, 6.07) is 8.96. The van der Waals surface area contributed by atoms with E-state index in [1.54, 1.807) is 6.07 Å². The van der Waals surface area contributed by atoms with E-state index in [-0.39, 0.29) is 21.5 Å². The molecule has 0 aliphatic rings. The molecule has 106 valence electrons. The average Bonchev–Trinajstić information content (AvgIpc) is 2.44. The summed E-state index contributed by atoms with van der Waals surface area (Å²) >= 11 is 14.9. The van der Waals surface area contributed by atoms with Crippen LogP contribution in [0.3, 0.4) is 0 Å². The van der Waals surface area contributed by atoms with E-state index in [1.165, 1.54) is 18.2 Å². The van der Waals surface area contributed by atoms with Crippen molar-refractivity contribution < 1.29 is 9.66 Å². The summed E-state index contributed by atoms with van der Waals surface area (Å²) in [5.41, 5.74) is 0.124. The third-order valence-electron chi connectivity index (χ3n) is 2.48. The molecule has 21 heavy (non-hydrogen) atoms. The highest BCUT2D eigenvalue weighted by Gasteiger charge is 2.20. The van der Waals surface area contributed by atoms with Crippen molar-refractivity contribution >= 4 is 44.8 Å². The van der Waals surface area contributed by atoms with Gasteiger partial charge in [-0.15, -0.1) is 0 Å². The first-order valence-corrected chi connectivity index (χ1v) is 6.98. The molecule has 0 spiro atoms. The number of halogens is 3. The van der Waals surface area contributed by atoms with Gasteiger partial charge in [-0.3, -0.25) is 10.1 Å². The molecule has 0 bridgehead atoms. The zero-order valence-corrected chi connectivity index (χ0v) is 13.2. The van der Waals surface area contributed by atoms with Crippen LogP contribution in [0, 0.1) is 21.4 Å². The van der Waals surface area contributed by atoms with Gasteiger partial charge in [0.05, 0.1) is 31.1 Å². The van der Waals surface area contributed by atoms with Crippen LogP contribution >= 0.6 is 39.1 Å². The van der Waals surface area contributed by atoms with Crippen LogP contribution in [-0.2, 0) is 0 Å². The van der Waals surface area contributed by atoms with E-state index in [2.05, 4.69) is 15.9 Å². The Kier molecular flexibility index (Phi) is 4.68. The quantitative estimate of drug-likeness (QED) is 0.526. The van der Waals surface area contributed by atoms with Crippen LogP contribution in [0.4, 0.5) is 5.69 Å². The highest BCUT2D eigenvalue weighted by atomic mass is 79.9. The first kappa shape index (κ1) is 15.6. The molecular formula is C13H5BrCl2N2O3. The largest absolute Gasteiger partial charge is 0.449 e. The highest BCUT2D eigenvalue weighted by Crippen LogP contribution is 2.39. The summed E-state index contributed by atoms with van der Waals surface area (Å²) in [5, 5.41) is 20.0. The van der Waals surface area contributed by atoms with Crippen molar-refractivity contribution in [3.05, 3.63) is 60.5 Å². The lowest BCUT2D eigenvalue weighted by Crippen LogP contribution is -1.94. The molecule has 2 aromatic carbocycles. The number of hydrogen-bond donors (Lipinski definition) is 0. The van der Waals surface area contributed by atoms with E-state index in [0.29, 0.717) is 15.8 Å². The summed E-state index contributed by atoms with van der Waals surface area (Å²) in [4.78, 5) is 10.4. The summed E-state index contributed by atoms with van der Waals surface area (Å²) in [7, 11) is 0. The molecule has 0 N–H and O–H groups in total. The fourth-order valence-corrected chi connectivity index (χ4v) is 2.29. The van der Waals surface area contributed by atoms with Gasteiger partial charge < -0.3 is 4.74 Å². The molecule has 0 radical (unpaired) electrons. The standard InChI is InChI=1S/C13H5BrCl2N2O3/c14-8-3-7(6-17)1-2-12(8)21-13-5-10(16)9(15)4-11(13)18(19)20/h1-5H. The minimum atomic E-state index is -0.616. The van der Waals surface area contributed by atoms with Gasteiger partial charge in [-0.1, -0.05) is 23.2 Å². The molecule has 2 rings (SSSR count). The Bertz CT molecular complexity index is 775. The number of hydrogen-bond acceptors (Lipinski definition) is 4. The van der Waals surface area contributed by atoms with Gasteiger partial charge in [-0.2, -0.15) is 5.26 Å². The van der Waals surface area contributed by atoms with Gasteiger partial charge in [0.15, 0.2) is 0 Å². The van der Waals surface area contributed by atoms with E-state index in [4.69, 9.17) is 33.2 Å². The fourth-order valence-electron chi connectivity index (χ4n) is 1.51. The molecule has 0 saturated carbocycles. The van der Waals surface area contributed by atoms with Gasteiger partial charge in [0.1, 0.15) is 5.75 Å². The predicted octanol–water partition coefficient (Wildman–Crippen LogP) is 5.33. The van der Waals surface area contributed by atoms with Crippen LogP contribution in [0.25, 0.3) is 0 Å². The molecule has 0 unspecified atom stereocenters. The van der Waals surface area contributed by atoms with E-state index >= 15 is 0 Å². The molecule has 0 heterocycles. The molecular weight excluding hydrogens is 383 g/mol. The molecule has 0 atom stereocenters. The number of nitrogens with zero attached hydrogens (tertiary/aromatic N) is 2. The van der Waals surface area contributed by atoms with Crippen LogP contribution in [-0.4, -0.2) is 4.92 Å². The number of rotatable bonds is 3. The second-order valence-electron chi connectivity index (χ2n) is 3.85. The average molecular weight is 388 g/mol. The number of nitriles is 1. The van der Waals surface area contributed by atoms with Crippen LogP contribution < -0.4 is 4.74 Å². The first-order chi connectivity index (χ1) is 9.92. The van der Waals surface area contributed by atoms with Crippen molar-refractivity contribution in [2.45, 2.75) is 0 Å². The summed E-state index contributed by atoms with van der Waals surface area (Å²) in [6.07, 6.45) is 0. The lowest BCUT2D eigenvalue weighted by Gasteiger charge is -2.09. The maximum absolute atomic E-state index is 11.0. The molecule has 2 aromatic rings. The number of ether oxygens (including phenoxy) is 1. The monoisotopic (exact) mass is 386 g/mol. The van der Waals surface area contributed by atoms with Crippen molar-refractivity contribution in [2.24, 2.45) is 0 Å². The number of benzene rings is 2. The summed E-state index contributed by atoms with van der Waals surface area (Å²) in [5.74, 6) is 0.273. The molecule has 8 heteroatoms. The predicted molar refractivity (Wildman–Crippen MR) is 82.0 cm³/mol. The molecule has 0 saturated heterocycles. The van der Waals surface area contributed by atoms with Gasteiger partial charge >= 0.3 is 5.69 Å². The van der Waals surface area contributed by atoms with Crippen molar-refractivity contribution in [3.63, 3.8) is 0 Å². The Morgan fingerprint density at radius 3 is 2.43 bits per heavy atom. The molecule has 0 aromatic heterocycles. The van der Waals surface area contributed by atoms with Gasteiger partial charge in [-0.25, -0.2) is 0 Å². The van der Waals surface area contributed by atoms with Crippen molar-refractivity contribution in [1.82, 2.24) is 0 Å². The molecule has 0 aliphatic heterocycles. The highest BCUT2D eigenvalue weighted by molar-refractivity contribution is 9.10. The molecule has 0 fully saturated rings. The second kappa shape index (κ2) is 6.31. The van der Waals surface area contributed by atoms with Gasteiger partial charge in [0.2, 0.25) is 5.75 Å². The van der Waals surface area contributed by atoms with Crippen molar-refractivity contribution in [2.75, 3.05) is 0 Å². The normalized spacial score (nSPS) is 10.0. The van der Waals surface area contributed by atoms with Crippen LogP contribution in [0.2, 0.25) is 10.0 Å². The van der Waals surface area contributed by atoms with E-state index in [1.807, 2.05) is 6.07 Å². The maximum atomic E-state index is 11.0. The maximum Gasteiger partial charge on any atom is 0.313 e. The minimum absolute atomic E-state index is 0.0418. The van der Waals surface area contributed by atoms with Gasteiger partial charge in [0, 0.05) is 12.1 Å². The zero-order chi connectivity index (χ0) is 15.6. The Labute approximate surface area is 137 Å². The zero-order valence-electron chi connectivity index (χ0n) is 10.1. The van der Waals surface area contributed by atoms with Crippen LogP contribution in [0.5, 0.6) is 11.5 Å². The van der Waals surface area contributed by atoms with Crippen molar-refractivity contribution in [3.8, 4) is 17.6 Å². The molecule has 0 amide bonds. The Balaban J connectivity index is 2.46. The van der Waals surface area contributed by atoms with Crippen LogP contribution in [0.15, 0.2) is 34.8 Å². The van der Waals surface area contributed by atoms with E-state index < -0.39 is 4.92 Å². The van der Waals surface area contributed by atoms with E-state index in [0.717, 1.165) is 6.07 Å². The summed E-state index contributed by atoms with van der Waals surface area (Å²) < 4.78 is 5.98. The number of nitro groups is 1. The third-order valence-corrected chi connectivity index (χ3v) is 3.82. The second-order valence-corrected chi connectivity index (χ2v) is 5.52. The van der Waals surface area contributed by atoms with Crippen molar-refractivity contribution in [1.29, 1.82) is 5.26 Å². The number of nitro benzene ring substituents is 1. The Morgan fingerprint density at radius 2 is 1.86 bits per heavy atom. The SMILES string of the molecule is N#Cc1ccc(Oc2cc(Cl)c(Cl)cc2[N+](=O)[O-])c(Br)c1.